The zero-order valence-corrected chi connectivity index (χ0v) is 14.0. The maximum atomic E-state index is 9.46. The molecule has 2 aliphatic rings. The van der Waals surface area contributed by atoms with Crippen LogP contribution in [0.5, 0.6) is 5.75 Å². The average molecular weight is 340 g/mol. The fourth-order valence-corrected chi connectivity index (χ4v) is 4.28. The van der Waals surface area contributed by atoms with E-state index in [9.17, 15) is 5.11 Å². The molecule has 0 radical (unpaired) electrons. The second kappa shape index (κ2) is 6.95. The number of hydrogen-bond acceptors (Lipinski definition) is 2. The van der Waals surface area contributed by atoms with Gasteiger partial charge in [0.2, 0.25) is 0 Å². The summed E-state index contributed by atoms with van der Waals surface area (Å²) < 4.78 is 0. The van der Waals surface area contributed by atoms with Crippen molar-refractivity contribution in [2.24, 2.45) is 5.92 Å². The second-order valence-electron chi connectivity index (χ2n) is 6.13. The van der Waals surface area contributed by atoms with Gasteiger partial charge >= 0.3 is 0 Å². The quantitative estimate of drug-likeness (QED) is 0.866. The first kappa shape index (κ1) is 15.8. The number of likely N-dealkylation sites (tertiary alicyclic amines) is 1. The largest absolute Gasteiger partial charge is 0.508 e. The monoisotopic (exact) mass is 339 g/mol. The molecule has 2 fully saturated rings. The lowest BCUT2D eigenvalue weighted by molar-refractivity contribution is 0.0491. The van der Waals surface area contributed by atoms with Crippen LogP contribution in [0, 0.1) is 5.92 Å². The summed E-state index contributed by atoms with van der Waals surface area (Å²) in [7, 11) is 0. The van der Waals surface area contributed by atoms with Gasteiger partial charge in [0.1, 0.15) is 5.75 Å². The van der Waals surface area contributed by atoms with Gasteiger partial charge in [0.05, 0.1) is 0 Å². The zero-order valence-electron chi connectivity index (χ0n) is 12.3. The third kappa shape index (κ3) is 3.04. The van der Waals surface area contributed by atoms with Crippen LogP contribution in [0.2, 0.25) is 0 Å². The number of phenols is 1. The van der Waals surface area contributed by atoms with Crippen molar-refractivity contribution in [3.63, 3.8) is 0 Å². The summed E-state index contributed by atoms with van der Waals surface area (Å²) in [5.74, 6) is 1.91. The predicted molar refractivity (Wildman–Crippen MR) is 88.8 cm³/mol. The fourth-order valence-electron chi connectivity index (χ4n) is 4.28. The maximum absolute atomic E-state index is 9.46. The van der Waals surface area contributed by atoms with Crippen LogP contribution >= 0.6 is 17.0 Å². The molecule has 1 aromatic rings. The summed E-state index contributed by atoms with van der Waals surface area (Å²) in [6, 6.07) is 8.76. The molecule has 1 N–H and O–H groups in total. The van der Waals surface area contributed by atoms with Crippen molar-refractivity contribution in [3.8, 4) is 5.75 Å². The highest BCUT2D eigenvalue weighted by atomic mass is 79.9. The lowest BCUT2D eigenvalue weighted by Gasteiger charge is -2.48. The van der Waals surface area contributed by atoms with E-state index in [1.165, 1.54) is 50.8 Å². The maximum Gasteiger partial charge on any atom is 0.115 e. The van der Waals surface area contributed by atoms with Crippen LogP contribution in [0.3, 0.4) is 0 Å². The number of fused-ring (bicyclic) bond motifs is 1. The molecule has 1 aromatic carbocycles. The molecular weight excluding hydrogens is 314 g/mol. The molecule has 0 bridgehead atoms. The van der Waals surface area contributed by atoms with Crippen molar-refractivity contribution in [2.75, 3.05) is 13.1 Å². The Labute approximate surface area is 133 Å². The van der Waals surface area contributed by atoms with E-state index in [1.807, 2.05) is 12.1 Å². The van der Waals surface area contributed by atoms with Gasteiger partial charge in [0.15, 0.2) is 0 Å². The van der Waals surface area contributed by atoms with Gasteiger partial charge in [-0.05, 0) is 61.9 Å². The highest BCUT2D eigenvalue weighted by Crippen LogP contribution is 2.44. The minimum absolute atomic E-state index is 0. The predicted octanol–water partition coefficient (Wildman–Crippen LogP) is 4.34. The Bertz CT molecular complexity index is 420. The van der Waals surface area contributed by atoms with Crippen LogP contribution in [-0.4, -0.2) is 29.1 Å². The van der Waals surface area contributed by atoms with Gasteiger partial charge in [-0.3, -0.25) is 0 Å². The smallest absolute Gasteiger partial charge is 0.115 e. The highest BCUT2D eigenvalue weighted by molar-refractivity contribution is 8.93. The van der Waals surface area contributed by atoms with Crippen LogP contribution < -0.4 is 0 Å². The Morgan fingerprint density at radius 2 is 1.80 bits per heavy atom. The first-order valence-corrected chi connectivity index (χ1v) is 7.82. The first-order chi connectivity index (χ1) is 9.29. The summed E-state index contributed by atoms with van der Waals surface area (Å²) >= 11 is 0. The number of rotatable bonds is 2. The molecule has 1 saturated carbocycles. The van der Waals surface area contributed by atoms with Gasteiger partial charge in [0.25, 0.3) is 0 Å². The molecule has 0 aromatic heterocycles. The summed E-state index contributed by atoms with van der Waals surface area (Å²) in [4.78, 5) is 2.70. The number of piperidine rings is 1. The van der Waals surface area contributed by atoms with Crippen LogP contribution in [0.15, 0.2) is 24.3 Å². The highest BCUT2D eigenvalue weighted by Gasteiger charge is 2.39. The van der Waals surface area contributed by atoms with E-state index in [4.69, 9.17) is 0 Å². The number of phenolic OH excluding ortho intramolecular Hbond substituents is 1. The minimum Gasteiger partial charge on any atom is -0.508 e. The lowest BCUT2D eigenvalue weighted by Crippen LogP contribution is -2.49. The SMILES string of the molecule is Br.CCN1CCC(c2ccc(O)cc2)C2CCCCC21. The minimum atomic E-state index is 0. The van der Waals surface area contributed by atoms with Crippen LogP contribution in [0.1, 0.15) is 50.5 Å². The van der Waals surface area contributed by atoms with Crippen molar-refractivity contribution in [2.45, 2.75) is 51.0 Å². The fraction of sp³-hybridized carbons (Fsp3) is 0.647. The summed E-state index contributed by atoms with van der Waals surface area (Å²) in [6.07, 6.45) is 6.84. The number of nitrogens with zero attached hydrogens (tertiary/aromatic N) is 1. The van der Waals surface area contributed by atoms with Crippen molar-refractivity contribution < 1.29 is 5.11 Å². The van der Waals surface area contributed by atoms with E-state index < -0.39 is 0 Å². The first-order valence-electron chi connectivity index (χ1n) is 7.82. The molecule has 3 rings (SSSR count). The van der Waals surface area contributed by atoms with Crippen LogP contribution in [0.25, 0.3) is 0 Å². The molecular formula is C17H26BrNO. The Kier molecular flexibility index (Phi) is 5.50. The molecule has 2 nitrogen and oxygen atoms in total. The van der Waals surface area contributed by atoms with Crippen molar-refractivity contribution in [3.05, 3.63) is 29.8 Å². The van der Waals surface area contributed by atoms with E-state index in [0.717, 1.165) is 12.0 Å². The molecule has 20 heavy (non-hydrogen) atoms. The third-order valence-corrected chi connectivity index (χ3v) is 5.22. The topological polar surface area (TPSA) is 23.5 Å². The summed E-state index contributed by atoms with van der Waals surface area (Å²) in [5.41, 5.74) is 1.44. The van der Waals surface area contributed by atoms with Crippen LogP contribution in [-0.2, 0) is 0 Å². The number of hydrogen-bond donors (Lipinski definition) is 1. The summed E-state index contributed by atoms with van der Waals surface area (Å²) in [6.45, 7) is 4.74. The molecule has 0 spiro atoms. The molecule has 1 aliphatic heterocycles. The molecule has 1 aliphatic carbocycles. The standard InChI is InChI=1S/C17H25NO.BrH/c1-2-18-12-11-15(13-7-9-14(19)10-8-13)16-5-3-4-6-17(16)18;/h7-10,15-17,19H,2-6,11-12H2,1H3;1H. The molecule has 3 unspecified atom stereocenters. The Morgan fingerprint density at radius 3 is 2.50 bits per heavy atom. The van der Waals surface area contributed by atoms with Crippen LogP contribution in [0.4, 0.5) is 0 Å². The molecule has 1 saturated heterocycles. The number of benzene rings is 1. The molecule has 3 atom stereocenters. The Hall–Kier alpha value is -0.540. The lowest BCUT2D eigenvalue weighted by atomic mass is 9.69. The molecule has 0 amide bonds. The van der Waals surface area contributed by atoms with E-state index in [1.54, 1.807) is 0 Å². The van der Waals surface area contributed by atoms with Gasteiger partial charge in [-0.15, -0.1) is 17.0 Å². The number of halogens is 1. The third-order valence-electron chi connectivity index (χ3n) is 5.22. The number of aromatic hydroxyl groups is 1. The molecule has 1 heterocycles. The van der Waals surface area contributed by atoms with E-state index in [0.29, 0.717) is 11.7 Å². The van der Waals surface area contributed by atoms with E-state index in [2.05, 4.69) is 24.0 Å². The van der Waals surface area contributed by atoms with Gasteiger partial charge in [-0.25, -0.2) is 0 Å². The Balaban J connectivity index is 0.00000147. The van der Waals surface area contributed by atoms with Crippen molar-refractivity contribution >= 4 is 17.0 Å². The molecule has 3 heteroatoms. The van der Waals surface area contributed by atoms with Crippen molar-refractivity contribution in [1.29, 1.82) is 0 Å². The normalized spacial score (nSPS) is 30.4. The van der Waals surface area contributed by atoms with Crippen molar-refractivity contribution in [1.82, 2.24) is 4.90 Å². The summed E-state index contributed by atoms with van der Waals surface area (Å²) in [5, 5.41) is 9.46. The Morgan fingerprint density at radius 1 is 1.10 bits per heavy atom. The van der Waals surface area contributed by atoms with Gasteiger partial charge < -0.3 is 10.0 Å². The second-order valence-corrected chi connectivity index (χ2v) is 6.13. The molecule has 112 valence electrons. The van der Waals surface area contributed by atoms with Gasteiger partial charge in [-0.1, -0.05) is 31.9 Å². The average Bonchev–Trinajstić information content (AvgIpc) is 2.47. The van der Waals surface area contributed by atoms with Gasteiger partial charge in [0, 0.05) is 6.04 Å². The van der Waals surface area contributed by atoms with E-state index in [-0.39, 0.29) is 17.0 Å². The van der Waals surface area contributed by atoms with Gasteiger partial charge in [-0.2, -0.15) is 0 Å². The zero-order chi connectivity index (χ0) is 13.2. The van der Waals surface area contributed by atoms with E-state index >= 15 is 0 Å².